The molecule has 1 amide bonds. The summed E-state index contributed by atoms with van der Waals surface area (Å²) in [6, 6.07) is 15.8. The fourth-order valence-corrected chi connectivity index (χ4v) is 3.89. The number of benzene rings is 2. The highest BCUT2D eigenvalue weighted by atomic mass is 32.1. The van der Waals surface area contributed by atoms with Gasteiger partial charge in [0.2, 0.25) is 5.13 Å². The molecule has 152 valence electrons. The average molecular weight is 422 g/mol. The van der Waals surface area contributed by atoms with Crippen molar-refractivity contribution in [2.24, 2.45) is 0 Å². The van der Waals surface area contributed by atoms with Gasteiger partial charge < -0.3 is 0 Å². The Balaban J connectivity index is 1.54. The van der Waals surface area contributed by atoms with Crippen LogP contribution < -0.4 is 5.32 Å². The molecule has 0 radical (unpaired) electrons. The predicted molar refractivity (Wildman–Crippen MR) is 112 cm³/mol. The smallest absolute Gasteiger partial charge is 0.279 e. The lowest BCUT2D eigenvalue weighted by Crippen LogP contribution is -2.18. The highest BCUT2D eigenvalue weighted by molar-refractivity contribution is 7.15. The van der Waals surface area contributed by atoms with Crippen molar-refractivity contribution >= 4 is 22.4 Å². The second-order valence-electron chi connectivity index (χ2n) is 7.27. The lowest BCUT2D eigenvalue weighted by molar-refractivity contribution is 0.102. The first-order valence-electron chi connectivity index (χ1n) is 9.25. The Bertz CT molecular complexity index is 1180. The van der Waals surface area contributed by atoms with Crippen molar-refractivity contribution in [1.82, 2.24) is 25.2 Å². The molecule has 0 aliphatic carbocycles. The van der Waals surface area contributed by atoms with Crippen molar-refractivity contribution in [3.8, 4) is 5.69 Å². The van der Waals surface area contributed by atoms with Crippen LogP contribution in [0.15, 0.2) is 54.6 Å². The molecular weight excluding hydrogens is 403 g/mol. The summed E-state index contributed by atoms with van der Waals surface area (Å²) in [6.45, 7) is 5.85. The monoisotopic (exact) mass is 422 g/mol. The number of rotatable bonds is 5. The van der Waals surface area contributed by atoms with E-state index in [9.17, 15) is 9.18 Å². The number of carbonyl (C=O) groups is 1. The summed E-state index contributed by atoms with van der Waals surface area (Å²) >= 11 is 1.32. The van der Waals surface area contributed by atoms with Gasteiger partial charge in [-0.05, 0) is 50.6 Å². The van der Waals surface area contributed by atoms with E-state index >= 15 is 0 Å². The first-order chi connectivity index (χ1) is 14.4. The molecule has 4 rings (SSSR count). The van der Waals surface area contributed by atoms with E-state index in [4.69, 9.17) is 0 Å². The highest BCUT2D eigenvalue weighted by Gasteiger charge is 2.28. The molecule has 9 heteroatoms. The molecule has 0 fully saturated rings. The Morgan fingerprint density at radius 3 is 2.43 bits per heavy atom. The van der Waals surface area contributed by atoms with Gasteiger partial charge >= 0.3 is 0 Å². The minimum Gasteiger partial charge on any atom is -0.295 e. The van der Waals surface area contributed by atoms with Crippen LogP contribution in [0.4, 0.5) is 9.52 Å². The summed E-state index contributed by atoms with van der Waals surface area (Å²) in [5.74, 6) is -0.777. The second kappa shape index (κ2) is 7.75. The molecule has 0 unspecified atom stereocenters. The molecule has 0 spiro atoms. The largest absolute Gasteiger partial charge is 0.295 e. The van der Waals surface area contributed by atoms with E-state index in [1.807, 2.05) is 30.3 Å². The van der Waals surface area contributed by atoms with E-state index in [2.05, 4.69) is 39.7 Å². The van der Waals surface area contributed by atoms with Crippen molar-refractivity contribution in [3.05, 3.63) is 82.4 Å². The molecule has 0 saturated carbocycles. The third-order valence-electron chi connectivity index (χ3n) is 4.86. The topological polar surface area (TPSA) is 85.6 Å². The number of anilines is 1. The van der Waals surface area contributed by atoms with Gasteiger partial charge in [0.1, 0.15) is 10.8 Å². The Morgan fingerprint density at radius 1 is 1.03 bits per heavy atom. The molecular formula is C21H19FN6OS. The zero-order valence-corrected chi connectivity index (χ0v) is 17.4. The van der Waals surface area contributed by atoms with Crippen molar-refractivity contribution < 1.29 is 9.18 Å². The van der Waals surface area contributed by atoms with Gasteiger partial charge in [0, 0.05) is 5.41 Å². The minimum atomic E-state index is -0.430. The molecule has 2 aromatic heterocycles. The summed E-state index contributed by atoms with van der Waals surface area (Å²) in [5, 5.41) is 20.3. The van der Waals surface area contributed by atoms with Crippen molar-refractivity contribution in [2.75, 3.05) is 5.32 Å². The third kappa shape index (κ3) is 3.71. The van der Waals surface area contributed by atoms with E-state index in [0.29, 0.717) is 16.5 Å². The maximum atomic E-state index is 13.2. The van der Waals surface area contributed by atoms with Crippen molar-refractivity contribution in [3.63, 3.8) is 0 Å². The molecule has 0 atom stereocenters. The van der Waals surface area contributed by atoms with Crippen LogP contribution in [0.2, 0.25) is 0 Å². The summed E-state index contributed by atoms with van der Waals surface area (Å²) in [5.41, 5.74) is 2.08. The first-order valence-corrected chi connectivity index (χ1v) is 10.1. The first kappa shape index (κ1) is 19.8. The molecule has 0 bridgehead atoms. The number of nitrogens with one attached hydrogen (secondary N) is 1. The Hall–Kier alpha value is -3.46. The van der Waals surface area contributed by atoms with Crippen LogP contribution in [-0.4, -0.2) is 31.1 Å². The van der Waals surface area contributed by atoms with E-state index in [0.717, 1.165) is 10.6 Å². The van der Waals surface area contributed by atoms with Gasteiger partial charge in [-0.1, -0.05) is 46.9 Å². The van der Waals surface area contributed by atoms with E-state index in [1.54, 1.807) is 19.1 Å². The number of hydrogen-bond donors (Lipinski definition) is 1. The Kier molecular flexibility index (Phi) is 5.13. The molecule has 2 aromatic carbocycles. The summed E-state index contributed by atoms with van der Waals surface area (Å²) < 4.78 is 14.6. The maximum Gasteiger partial charge on any atom is 0.279 e. The van der Waals surface area contributed by atoms with Crippen LogP contribution in [0, 0.1) is 12.7 Å². The Morgan fingerprint density at radius 2 is 1.73 bits per heavy atom. The normalized spacial score (nSPS) is 11.5. The van der Waals surface area contributed by atoms with Crippen molar-refractivity contribution in [1.29, 1.82) is 0 Å². The van der Waals surface area contributed by atoms with Gasteiger partial charge in [-0.2, -0.15) is 0 Å². The highest BCUT2D eigenvalue weighted by Crippen LogP contribution is 2.34. The maximum absolute atomic E-state index is 13.2. The Labute approximate surface area is 176 Å². The predicted octanol–water partition coefficient (Wildman–Crippen LogP) is 4.14. The number of carbonyl (C=O) groups excluding carboxylic acids is 1. The molecule has 7 nitrogen and oxygen atoms in total. The summed E-state index contributed by atoms with van der Waals surface area (Å²) in [4.78, 5) is 12.7. The fourth-order valence-electron chi connectivity index (χ4n) is 3.03. The number of amides is 1. The number of halogens is 1. The SMILES string of the molecule is Cc1c(C(=O)Nc2nnc(C(C)(C)c3ccccc3)s2)nnn1-c1ccc(F)cc1. The summed E-state index contributed by atoms with van der Waals surface area (Å²) in [7, 11) is 0. The molecule has 0 aliphatic heterocycles. The number of aromatic nitrogens is 5. The van der Waals surface area contributed by atoms with Crippen LogP contribution in [0.25, 0.3) is 5.69 Å². The number of nitrogens with zero attached hydrogens (tertiary/aromatic N) is 5. The zero-order valence-electron chi connectivity index (χ0n) is 16.6. The second-order valence-corrected chi connectivity index (χ2v) is 8.25. The van der Waals surface area contributed by atoms with Gasteiger partial charge in [-0.3, -0.25) is 10.1 Å². The standard InChI is InChI=1S/C21H19FN6OS/c1-13-17(24-27-28(13)16-11-9-15(22)10-12-16)18(29)23-20-26-25-19(30-20)21(2,3)14-7-5-4-6-8-14/h4-12H,1-3H3,(H,23,26,29). The van der Waals surface area contributed by atoms with E-state index in [1.165, 1.54) is 28.2 Å². The van der Waals surface area contributed by atoms with Crippen molar-refractivity contribution in [2.45, 2.75) is 26.2 Å². The molecule has 2 heterocycles. The van der Waals surface area contributed by atoms with Crippen LogP contribution in [0.1, 0.15) is 40.6 Å². The van der Waals surface area contributed by atoms with Gasteiger partial charge in [-0.25, -0.2) is 9.07 Å². The fraction of sp³-hybridized carbons (Fsp3) is 0.190. The minimum absolute atomic E-state index is 0.165. The van der Waals surface area contributed by atoms with Gasteiger partial charge in [0.05, 0.1) is 11.4 Å². The molecule has 30 heavy (non-hydrogen) atoms. The average Bonchev–Trinajstić information content (AvgIpc) is 3.36. The van der Waals surface area contributed by atoms with Crippen LogP contribution in [0.5, 0.6) is 0 Å². The van der Waals surface area contributed by atoms with Gasteiger partial charge in [0.15, 0.2) is 5.69 Å². The molecule has 0 saturated heterocycles. The van der Waals surface area contributed by atoms with Crippen LogP contribution >= 0.6 is 11.3 Å². The third-order valence-corrected chi connectivity index (χ3v) is 6.02. The lowest BCUT2D eigenvalue weighted by Gasteiger charge is -2.21. The molecule has 0 aliphatic rings. The van der Waals surface area contributed by atoms with Gasteiger partial charge in [0.25, 0.3) is 5.91 Å². The molecule has 4 aromatic rings. The lowest BCUT2D eigenvalue weighted by atomic mass is 9.85. The zero-order chi connectivity index (χ0) is 21.3. The van der Waals surface area contributed by atoms with E-state index < -0.39 is 5.91 Å². The van der Waals surface area contributed by atoms with E-state index in [-0.39, 0.29) is 16.9 Å². The van der Waals surface area contributed by atoms with Crippen LogP contribution in [-0.2, 0) is 5.41 Å². The molecule has 1 N–H and O–H groups in total. The van der Waals surface area contributed by atoms with Crippen LogP contribution in [0.3, 0.4) is 0 Å². The summed E-state index contributed by atoms with van der Waals surface area (Å²) in [6.07, 6.45) is 0. The number of hydrogen-bond acceptors (Lipinski definition) is 6. The van der Waals surface area contributed by atoms with Gasteiger partial charge in [-0.15, -0.1) is 15.3 Å². The quantitative estimate of drug-likeness (QED) is 0.522.